The third-order valence-corrected chi connectivity index (χ3v) is 5.49. The third-order valence-electron chi connectivity index (χ3n) is 5.12. The molecule has 37 heavy (non-hydrogen) atoms. The van der Waals surface area contributed by atoms with Gasteiger partial charge in [0.15, 0.2) is 0 Å². The van der Waals surface area contributed by atoms with Gasteiger partial charge < -0.3 is 42.7 Å². The predicted octanol–water partition coefficient (Wildman–Crippen LogP) is -2.14. The molecule has 0 spiro atoms. The first-order chi connectivity index (χ1) is 17.3. The van der Waals surface area contributed by atoms with Crippen LogP contribution in [0, 0.1) is 0 Å². The van der Waals surface area contributed by atoms with Gasteiger partial charge in [0.1, 0.15) is 23.9 Å². The molecular weight excluding hydrogens is 510 g/mol. The minimum absolute atomic E-state index is 0.0372. The van der Waals surface area contributed by atoms with E-state index in [-0.39, 0.29) is 43.6 Å². The van der Waals surface area contributed by atoms with Crippen LogP contribution in [-0.4, -0.2) is 80.8 Å². The summed E-state index contributed by atoms with van der Waals surface area (Å²) in [6.45, 7) is 0. The molecule has 14 nitrogen and oxygen atoms in total. The minimum atomic E-state index is -1.39. The molecule has 1 aromatic carbocycles. The highest BCUT2D eigenvalue weighted by Crippen LogP contribution is 2.12. The average Bonchev–Trinajstić information content (AvgIpc) is 2.83. The van der Waals surface area contributed by atoms with Crippen molar-refractivity contribution in [3.8, 4) is 5.75 Å². The molecule has 1 rings (SSSR count). The van der Waals surface area contributed by atoms with E-state index in [4.69, 9.17) is 21.7 Å². The Hall–Kier alpha value is -3.85. The first-order valence-electron chi connectivity index (χ1n) is 11.1. The molecule has 1 aromatic rings. The van der Waals surface area contributed by atoms with Crippen molar-refractivity contribution in [3.05, 3.63) is 29.8 Å². The summed E-state index contributed by atoms with van der Waals surface area (Å²) in [5, 5.41) is 34.5. The van der Waals surface area contributed by atoms with Gasteiger partial charge in [0.05, 0.1) is 6.04 Å². The summed E-state index contributed by atoms with van der Waals surface area (Å²) < 4.78 is 0. The topological polar surface area (TPSA) is 251 Å². The van der Waals surface area contributed by atoms with Crippen molar-refractivity contribution in [1.29, 1.82) is 0 Å². The smallest absolute Gasteiger partial charge is 0.327 e. The Bertz CT molecular complexity index is 989. The van der Waals surface area contributed by atoms with Gasteiger partial charge >= 0.3 is 11.9 Å². The van der Waals surface area contributed by atoms with E-state index >= 15 is 0 Å². The number of carbonyl (C=O) groups is 6. The van der Waals surface area contributed by atoms with E-state index in [9.17, 15) is 33.9 Å². The second kappa shape index (κ2) is 15.3. The Morgan fingerprint density at radius 2 is 1.35 bits per heavy atom. The second-order valence-corrected chi connectivity index (χ2v) is 8.48. The fraction of sp³-hybridized carbons (Fsp3) is 0.455. The molecule has 0 bridgehead atoms. The number of carboxylic acid groups (broad SMARTS) is 2. The largest absolute Gasteiger partial charge is 0.508 e. The molecule has 4 unspecified atom stereocenters. The Morgan fingerprint density at radius 1 is 0.811 bits per heavy atom. The van der Waals surface area contributed by atoms with E-state index < -0.39 is 59.7 Å². The van der Waals surface area contributed by atoms with Crippen LogP contribution in [-0.2, 0) is 35.2 Å². The lowest BCUT2D eigenvalue weighted by Gasteiger charge is -2.25. The summed E-state index contributed by atoms with van der Waals surface area (Å²) in [6, 6.07) is 0.393. The summed E-state index contributed by atoms with van der Waals surface area (Å²) in [5.74, 6) is -6.18. The zero-order chi connectivity index (χ0) is 28.1. The maximum absolute atomic E-state index is 13.1. The van der Waals surface area contributed by atoms with Crippen molar-refractivity contribution in [2.24, 2.45) is 11.5 Å². The van der Waals surface area contributed by atoms with Crippen LogP contribution < -0.4 is 27.4 Å². The van der Waals surface area contributed by atoms with Gasteiger partial charge in [-0.25, -0.2) is 4.79 Å². The number of thiol groups is 1. The van der Waals surface area contributed by atoms with Gasteiger partial charge in [-0.05, 0) is 30.5 Å². The van der Waals surface area contributed by atoms with Crippen LogP contribution in [0.2, 0.25) is 0 Å². The lowest BCUT2D eigenvalue weighted by atomic mass is 10.0. The molecule has 0 aromatic heterocycles. The predicted molar refractivity (Wildman–Crippen MR) is 132 cm³/mol. The summed E-state index contributed by atoms with van der Waals surface area (Å²) in [6.07, 6.45) is -1.26. The van der Waals surface area contributed by atoms with Crippen molar-refractivity contribution < 1.29 is 44.1 Å². The highest BCUT2D eigenvalue weighted by atomic mass is 32.1. The van der Waals surface area contributed by atoms with Crippen LogP contribution in [0.15, 0.2) is 24.3 Å². The molecule has 204 valence electrons. The zero-order valence-electron chi connectivity index (χ0n) is 19.8. The highest BCUT2D eigenvalue weighted by Gasteiger charge is 2.30. The molecule has 0 aliphatic heterocycles. The van der Waals surface area contributed by atoms with E-state index in [1.54, 1.807) is 0 Å². The quantitative estimate of drug-likeness (QED) is 0.103. The lowest BCUT2D eigenvalue weighted by molar-refractivity contribution is -0.142. The number of hydrogen-bond donors (Lipinski definition) is 9. The Morgan fingerprint density at radius 3 is 1.86 bits per heavy atom. The van der Waals surface area contributed by atoms with E-state index in [1.165, 1.54) is 24.3 Å². The van der Waals surface area contributed by atoms with E-state index in [1.807, 2.05) is 0 Å². The maximum atomic E-state index is 13.1. The normalized spacial score (nSPS) is 13.9. The first kappa shape index (κ1) is 31.2. The molecular formula is C22H31N5O9S. The molecule has 0 heterocycles. The third kappa shape index (κ3) is 11.6. The first-order valence-corrected chi connectivity index (χ1v) is 11.8. The minimum Gasteiger partial charge on any atom is -0.508 e. The van der Waals surface area contributed by atoms with Gasteiger partial charge in [-0.1, -0.05) is 12.1 Å². The number of phenolic OH excluding ortho intramolecular Hbond substituents is 1. The van der Waals surface area contributed by atoms with Gasteiger partial charge in [0.2, 0.25) is 23.6 Å². The van der Waals surface area contributed by atoms with Gasteiger partial charge in [-0.15, -0.1) is 0 Å². The molecule has 0 aliphatic carbocycles. The fourth-order valence-electron chi connectivity index (χ4n) is 3.05. The summed E-state index contributed by atoms with van der Waals surface area (Å²) in [7, 11) is 0. The van der Waals surface area contributed by atoms with Crippen molar-refractivity contribution in [2.45, 2.75) is 56.3 Å². The Kier molecular flexibility index (Phi) is 12.9. The number of nitrogens with two attached hydrogens (primary N) is 2. The van der Waals surface area contributed by atoms with Crippen LogP contribution in [0.5, 0.6) is 5.75 Å². The number of nitrogens with one attached hydrogen (secondary N) is 3. The van der Waals surface area contributed by atoms with Gasteiger partial charge in [0.25, 0.3) is 0 Å². The Balaban J connectivity index is 3.13. The molecule has 15 heteroatoms. The number of aromatic hydroxyl groups is 1. The monoisotopic (exact) mass is 541 g/mol. The van der Waals surface area contributed by atoms with E-state index in [2.05, 4.69) is 28.6 Å². The molecule has 4 atom stereocenters. The number of phenols is 1. The van der Waals surface area contributed by atoms with Crippen molar-refractivity contribution >= 4 is 48.2 Å². The molecule has 0 radical (unpaired) electrons. The number of hydrogen-bond acceptors (Lipinski definition) is 9. The Labute approximate surface area is 217 Å². The molecule has 0 aliphatic rings. The van der Waals surface area contributed by atoms with Crippen molar-refractivity contribution in [3.63, 3.8) is 0 Å². The molecule has 0 fully saturated rings. The SMILES string of the molecule is NC(=O)CCC(NC(=O)C(Cc1ccc(O)cc1)NC(=O)C(N)CCC(=O)O)C(=O)NC(CS)C(=O)O. The number of primary amides is 1. The summed E-state index contributed by atoms with van der Waals surface area (Å²) in [5.41, 5.74) is 11.4. The van der Waals surface area contributed by atoms with Crippen molar-refractivity contribution in [1.82, 2.24) is 16.0 Å². The van der Waals surface area contributed by atoms with Gasteiger partial charge in [0, 0.05) is 25.0 Å². The van der Waals surface area contributed by atoms with Crippen LogP contribution in [0.25, 0.3) is 0 Å². The molecule has 10 N–H and O–H groups in total. The fourth-order valence-corrected chi connectivity index (χ4v) is 3.30. The zero-order valence-corrected chi connectivity index (χ0v) is 20.6. The van der Waals surface area contributed by atoms with Crippen LogP contribution >= 0.6 is 12.6 Å². The van der Waals surface area contributed by atoms with Gasteiger partial charge in [-0.2, -0.15) is 12.6 Å². The highest BCUT2D eigenvalue weighted by molar-refractivity contribution is 7.80. The standard InChI is InChI=1S/C22H31N5O9S/c23-13(5-8-18(30)31)19(32)26-15(9-11-1-3-12(28)4-2-11)21(34)25-14(6-7-17(24)29)20(33)27-16(10-37)22(35)36/h1-4,13-16,28,37H,5-10,23H2,(H2,24,29)(H,25,34)(H,26,32)(H,27,33)(H,30,31)(H,35,36). The lowest BCUT2D eigenvalue weighted by Crippen LogP contribution is -2.58. The number of aliphatic carboxylic acids is 2. The summed E-state index contributed by atoms with van der Waals surface area (Å²) >= 11 is 3.86. The van der Waals surface area contributed by atoms with Crippen LogP contribution in [0.4, 0.5) is 0 Å². The molecule has 0 saturated heterocycles. The van der Waals surface area contributed by atoms with E-state index in [0.29, 0.717) is 5.56 Å². The number of carboxylic acids is 2. The number of benzene rings is 1. The molecule has 0 saturated carbocycles. The average molecular weight is 542 g/mol. The number of rotatable bonds is 16. The van der Waals surface area contributed by atoms with Crippen molar-refractivity contribution in [2.75, 3.05) is 5.75 Å². The maximum Gasteiger partial charge on any atom is 0.327 e. The van der Waals surface area contributed by atoms with Crippen LogP contribution in [0.3, 0.4) is 0 Å². The summed E-state index contributed by atoms with van der Waals surface area (Å²) in [4.78, 5) is 71.7. The van der Waals surface area contributed by atoms with E-state index in [0.717, 1.165) is 0 Å². The number of amides is 4. The molecule has 4 amide bonds. The number of carbonyl (C=O) groups excluding carboxylic acids is 4. The van der Waals surface area contributed by atoms with Gasteiger partial charge in [-0.3, -0.25) is 24.0 Å². The second-order valence-electron chi connectivity index (χ2n) is 8.12. The van der Waals surface area contributed by atoms with Crippen LogP contribution in [0.1, 0.15) is 31.2 Å².